The monoisotopic (exact) mass is 157 g/mol. The molecule has 0 aromatic heterocycles. The minimum Gasteiger partial charge on any atom is -0.469 e. The third-order valence-corrected chi connectivity index (χ3v) is 2.25. The summed E-state index contributed by atoms with van der Waals surface area (Å²) in [6, 6.07) is 0. The first-order chi connectivity index (χ1) is 5.27. The van der Waals surface area contributed by atoms with Crippen LogP contribution in [0.15, 0.2) is 0 Å². The van der Waals surface area contributed by atoms with Crippen molar-refractivity contribution >= 4 is 5.97 Å². The Hall–Kier alpha value is -0.570. The molecule has 1 aliphatic carbocycles. The van der Waals surface area contributed by atoms with E-state index in [2.05, 4.69) is 4.74 Å². The zero-order chi connectivity index (χ0) is 8.27. The van der Waals surface area contributed by atoms with Crippen LogP contribution in [-0.2, 0) is 9.53 Å². The van der Waals surface area contributed by atoms with Crippen molar-refractivity contribution < 1.29 is 9.53 Å². The molecule has 0 saturated heterocycles. The maximum absolute atomic E-state index is 10.8. The molecule has 2 N–H and O–H groups in total. The highest BCUT2D eigenvalue weighted by Gasteiger charge is 2.31. The van der Waals surface area contributed by atoms with Gasteiger partial charge in [-0.3, -0.25) is 4.79 Å². The van der Waals surface area contributed by atoms with Crippen LogP contribution in [0.3, 0.4) is 0 Å². The van der Waals surface area contributed by atoms with Crippen molar-refractivity contribution in [2.24, 2.45) is 17.6 Å². The van der Waals surface area contributed by atoms with Crippen LogP contribution in [0.1, 0.15) is 19.3 Å². The molecule has 0 spiro atoms. The highest BCUT2D eigenvalue weighted by atomic mass is 16.5. The number of methoxy groups -OCH3 is 1. The van der Waals surface area contributed by atoms with Crippen LogP contribution >= 0.6 is 0 Å². The topological polar surface area (TPSA) is 52.3 Å². The lowest BCUT2D eigenvalue weighted by molar-refractivity contribution is -0.141. The summed E-state index contributed by atoms with van der Waals surface area (Å²) in [6.45, 7) is 0.611. The minimum atomic E-state index is -0.132. The Balaban J connectivity index is 2.25. The SMILES string of the molecule is COC(=O)C[C@H](CN)C1CC1. The van der Waals surface area contributed by atoms with E-state index in [1.165, 1.54) is 20.0 Å². The molecule has 3 nitrogen and oxygen atoms in total. The third-order valence-electron chi connectivity index (χ3n) is 2.25. The van der Waals surface area contributed by atoms with Crippen LogP contribution in [0.4, 0.5) is 0 Å². The second kappa shape index (κ2) is 3.72. The van der Waals surface area contributed by atoms with Gasteiger partial charge in [0.2, 0.25) is 0 Å². The first-order valence-corrected chi connectivity index (χ1v) is 4.04. The Kier molecular flexibility index (Phi) is 2.88. The first-order valence-electron chi connectivity index (χ1n) is 4.04. The average Bonchev–Trinajstić information content (AvgIpc) is 2.82. The second-order valence-corrected chi connectivity index (χ2v) is 3.11. The van der Waals surface area contributed by atoms with Crippen LogP contribution in [0.2, 0.25) is 0 Å². The summed E-state index contributed by atoms with van der Waals surface area (Å²) in [5.41, 5.74) is 5.51. The predicted molar refractivity (Wildman–Crippen MR) is 41.9 cm³/mol. The standard InChI is InChI=1S/C8H15NO2/c1-11-8(10)4-7(5-9)6-2-3-6/h6-7H,2-5,9H2,1H3/t7-/m1/s1. The zero-order valence-electron chi connectivity index (χ0n) is 6.88. The molecule has 0 aromatic rings. The molecule has 3 heteroatoms. The molecule has 0 aliphatic heterocycles. The molecule has 0 radical (unpaired) electrons. The van der Waals surface area contributed by atoms with Crippen LogP contribution in [0.5, 0.6) is 0 Å². The number of carbonyl (C=O) groups is 1. The van der Waals surface area contributed by atoms with E-state index in [0.717, 1.165) is 0 Å². The number of hydrogen-bond acceptors (Lipinski definition) is 3. The Bertz CT molecular complexity index is 143. The number of rotatable bonds is 4. The Morgan fingerprint density at radius 1 is 1.73 bits per heavy atom. The first kappa shape index (κ1) is 8.53. The molecule has 0 heterocycles. The van der Waals surface area contributed by atoms with Gasteiger partial charge in [-0.15, -0.1) is 0 Å². The van der Waals surface area contributed by atoms with Gasteiger partial charge < -0.3 is 10.5 Å². The van der Waals surface area contributed by atoms with Gasteiger partial charge in [-0.25, -0.2) is 0 Å². The lowest BCUT2D eigenvalue weighted by Crippen LogP contribution is -2.20. The third kappa shape index (κ3) is 2.50. The lowest BCUT2D eigenvalue weighted by Gasteiger charge is -2.10. The van der Waals surface area contributed by atoms with Gasteiger partial charge in [-0.05, 0) is 31.2 Å². The average molecular weight is 157 g/mol. The van der Waals surface area contributed by atoms with Gasteiger partial charge in [-0.2, -0.15) is 0 Å². The molecule has 1 atom stereocenters. The van der Waals surface area contributed by atoms with Crippen molar-refractivity contribution in [3.8, 4) is 0 Å². The summed E-state index contributed by atoms with van der Waals surface area (Å²) >= 11 is 0. The van der Waals surface area contributed by atoms with Gasteiger partial charge in [-0.1, -0.05) is 0 Å². The summed E-state index contributed by atoms with van der Waals surface area (Å²) in [5, 5.41) is 0. The maximum Gasteiger partial charge on any atom is 0.305 e. The van der Waals surface area contributed by atoms with Gasteiger partial charge >= 0.3 is 5.97 Å². The molecular formula is C8H15NO2. The number of carbonyl (C=O) groups excluding carboxylic acids is 1. The van der Waals surface area contributed by atoms with Gasteiger partial charge in [0.15, 0.2) is 0 Å². The highest BCUT2D eigenvalue weighted by Crippen LogP contribution is 2.37. The quantitative estimate of drug-likeness (QED) is 0.606. The van der Waals surface area contributed by atoms with Crippen molar-refractivity contribution in [2.45, 2.75) is 19.3 Å². The fraction of sp³-hybridized carbons (Fsp3) is 0.875. The van der Waals surface area contributed by atoms with Gasteiger partial charge in [0.05, 0.1) is 7.11 Å². The van der Waals surface area contributed by atoms with E-state index in [1.807, 2.05) is 0 Å². The van der Waals surface area contributed by atoms with E-state index in [0.29, 0.717) is 24.8 Å². The van der Waals surface area contributed by atoms with Crippen molar-refractivity contribution in [1.82, 2.24) is 0 Å². The second-order valence-electron chi connectivity index (χ2n) is 3.11. The fourth-order valence-corrected chi connectivity index (χ4v) is 1.31. The largest absolute Gasteiger partial charge is 0.469 e. The summed E-state index contributed by atoms with van der Waals surface area (Å²) in [5.74, 6) is 0.925. The maximum atomic E-state index is 10.8. The van der Waals surface area contributed by atoms with Crippen molar-refractivity contribution in [3.05, 3.63) is 0 Å². The van der Waals surface area contributed by atoms with E-state index in [4.69, 9.17) is 5.73 Å². The van der Waals surface area contributed by atoms with Gasteiger partial charge in [0, 0.05) is 6.42 Å². The predicted octanol–water partition coefficient (Wildman–Crippen LogP) is 0.534. The summed E-state index contributed by atoms with van der Waals surface area (Å²) in [7, 11) is 1.42. The molecule has 1 fully saturated rings. The summed E-state index contributed by atoms with van der Waals surface area (Å²) < 4.78 is 4.57. The zero-order valence-corrected chi connectivity index (χ0v) is 6.88. The highest BCUT2D eigenvalue weighted by molar-refractivity contribution is 5.69. The molecule has 0 aromatic carbocycles. The Morgan fingerprint density at radius 2 is 2.36 bits per heavy atom. The van der Waals surface area contributed by atoms with E-state index >= 15 is 0 Å². The molecule has 1 saturated carbocycles. The summed E-state index contributed by atoms with van der Waals surface area (Å²) in [4.78, 5) is 10.8. The number of ether oxygens (including phenoxy) is 1. The smallest absolute Gasteiger partial charge is 0.305 e. The van der Waals surface area contributed by atoms with E-state index in [1.54, 1.807) is 0 Å². The molecule has 11 heavy (non-hydrogen) atoms. The van der Waals surface area contributed by atoms with Crippen LogP contribution < -0.4 is 5.73 Å². The van der Waals surface area contributed by atoms with Gasteiger partial charge in [0.25, 0.3) is 0 Å². The normalized spacial score (nSPS) is 19.5. The molecule has 1 aliphatic rings. The van der Waals surface area contributed by atoms with E-state index in [-0.39, 0.29) is 5.97 Å². The molecule has 64 valence electrons. The fourth-order valence-electron chi connectivity index (χ4n) is 1.31. The van der Waals surface area contributed by atoms with Crippen molar-refractivity contribution in [3.63, 3.8) is 0 Å². The van der Waals surface area contributed by atoms with Crippen molar-refractivity contribution in [2.75, 3.05) is 13.7 Å². The van der Waals surface area contributed by atoms with Crippen LogP contribution in [-0.4, -0.2) is 19.6 Å². The molecule has 0 amide bonds. The molecule has 1 rings (SSSR count). The summed E-state index contributed by atoms with van der Waals surface area (Å²) in [6.07, 6.45) is 2.97. The number of nitrogens with two attached hydrogens (primary N) is 1. The Labute approximate surface area is 66.9 Å². The van der Waals surface area contributed by atoms with Crippen LogP contribution in [0, 0.1) is 11.8 Å². The van der Waals surface area contributed by atoms with E-state index in [9.17, 15) is 4.79 Å². The number of hydrogen-bond donors (Lipinski definition) is 1. The van der Waals surface area contributed by atoms with Gasteiger partial charge in [0.1, 0.15) is 0 Å². The number of esters is 1. The Morgan fingerprint density at radius 3 is 2.73 bits per heavy atom. The van der Waals surface area contributed by atoms with E-state index < -0.39 is 0 Å². The molecule has 0 unspecified atom stereocenters. The van der Waals surface area contributed by atoms with Crippen LogP contribution in [0.25, 0.3) is 0 Å². The molecule has 0 bridgehead atoms. The van der Waals surface area contributed by atoms with Crippen molar-refractivity contribution in [1.29, 1.82) is 0 Å². The lowest BCUT2D eigenvalue weighted by atomic mass is 10.0. The molecular weight excluding hydrogens is 142 g/mol. The minimum absolute atomic E-state index is 0.132.